The van der Waals surface area contributed by atoms with Crippen LogP contribution in [0.4, 0.5) is 10.1 Å². The molecule has 0 radical (unpaired) electrons. The summed E-state index contributed by atoms with van der Waals surface area (Å²) in [7, 11) is 0. The smallest absolute Gasteiger partial charge is 0.341 e. The van der Waals surface area contributed by atoms with Gasteiger partial charge < -0.3 is 15.6 Å². The van der Waals surface area contributed by atoms with E-state index in [0.717, 1.165) is 0 Å². The highest BCUT2D eigenvalue weighted by atomic mass is 19.1. The van der Waals surface area contributed by atoms with Gasteiger partial charge in [-0.05, 0) is 18.2 Å². The minimum atomic E-state index is -1.25. The molecule has 0 spiro atoms. The SMILES string of the molecule is Nc1cnc(Oc2ccccc2F)c(C(=O)O)c1. The van der Waals surface area contributed by atoms with Gasteiger partial charge in [-0.1, -0.05) is 12.1 Å². The molecule has 92 valence electrons. The molecule has 1 aromatic carbocycles. The fraction of sp³-hybridized carbons (Fsp3) is 0. The van der Waals surface area contributed by atoms with E-state index in [4.69, 9.17) is 15.6 Å². The number of carboxylic acids is 1. The van der Waals surface area contributed by atoms with Crippen molar-refractivity contribution in [1.82, 2.24) is 4.98 Å². The maximum atomic E-state index is 13.4. The maximum absolute atomic E-state index is 13.4. The predicted molar refractivity (Wildman–Crippen MR) is 62.1 cm³/mol. The van der Waals surface area contributed by atoms with E-state index in [-0.39, 0.29) is 22.9 Å². The van der Waals surface area contributed by atoms with Gasteiger partial charge in [0.2, 0.25) is 5.88 Å². The lowest BCUT2D eigenvalue weighted by molar-refractivity contribution is 0.0693. The average molecular weight is 248 g/mol. The van der Waals surface area contributed by atoms with Gasteiger partial charge in [0.05, 0.1) is 11.9 Å². The second-order valence-corrected chi connectivity index (χ2v) is 3.46. The van der Waals surface area contributed by atoms with Gasteiger partial charge in [-0.15, -0.1) is 0 Å². The number of ether oxygens (including phenoxy) is 1. The van der Waals surface area contributed by atoms with Crippen molar-refractivity contribution in [3.8, 4) is 11.6 Å². The van der Waals surface area contributed by atoms with E-state index >= 15 is 0 Å². The molecule has 0 aliphatic rings. The summed E-state index contributed by atoms with van der Waals surface area (Å²) < 4.78 is 18.5. The number of pyridine rings is 1. The highest BCUT2D eigenvalue weighted by Gasteiger charge is 2.15. The predicted octanol–water partition coefficient (Wildman–Crippen LogP) is 2.29. The number of anilines is 1. The standard InChI is InChI=1S/C12H9FN2O3/c13-9-3-1-2-4-10(9)18-11-8(12(16)17)5-7(14)6-15-11/h1-6H,14H2,(H,16,17). The number of benzene rings is 1. The average Bonchev–Trinajstić information content (AvgIpc) is 2.34. The maximum Gasteiger partial charge on any atom is 0.341 e. The van der Waals surface area contributed by atoms with E-state index in [1.54, 1.807) is 6.07 Å². The molecule has 0 amide bonds. The molecule has 0 atom stereocenters. The van der Waals surface area contributed by atoms with Crippen LogP contribution in [-0.4, -0.2) is 16.1 Å². The molecule has 1 heterocycles. The Morgan fingerprint density at radius 3 is 2.78 bits per heavy atom. The van der Waals surface area contributed by atoms with Crippen molar-refractivity contribution in [2.75, 3.05) is 5.73 Å². The van der Waals surface area contributed by atoms with Crippen LogP contribution in [0.25, 0.3) is 0 Å². The van der Waals surface area contributed by atoms with Crippen LogP contribution in [-0.2, 0) is 0 Å². The van der Waals surface area contributed by atoms with E-state index in [0.29, 0.717) is 0 Å². The summed E-state index contributed by atoms with van der Waals surface area (Å²) in [4.78, 5) is 14.7. The Morgan fingerprint density at radius 2 is 2.11 bits per heavy atom. The second-order valence-electron chi connectivity index (χ2n) is 3.46. The minimum Gasteiger partial charge on any atom is -0.477 e. The highest BCUT2D eigenvalue weighted by molar-refractivity contribution is 5.91. The summed E-state index contributed by atoms with van der Waals surface area (Å²) in [6.45, 7) is 0. The molecular weight excluding hydrogens is 239 g/mol. The number of carbonyl (C=O) groups is 1. The Kier molecular flexibility index (Phi) is 3.09. The number of carboxylic acid groups (broad SMARTS) is 1. The Bertz CT molecular complexity index is 602. The van der Waals surface area contributed by atoms with Crippen molar-refractivity contribution in [3.05, 3.63) is 47.9 Å². The fourth-order valence-electron chi connectivity index (χ4n) is 1.33. The molecule has 2 rings (SSSR count). The first-order valence-corrected chi connectivity index (χ1v) is 4.99. The van der Waals surface area contributed by atoms with Crippen LogP contribution >= 0.6 is 0 Å². The molecule has 0 saturated heterocycles. The van der Waals surface area contributed by atoms with Crippen LogP contribution in [0.1, 0.15) is 10.4 Å². The van der Waals surface area contributed by atoms with E-state index in [1.165, 1.54) is 30.5 Å². The van der Waals surface area contributed by atoms with Gasteiger partial charge in [-0.25, -0.2) is 14.2 Å². The third-order valence-corrected chi connectivity index (χ3v) is 2.15. The zero-order valence-corrected chi connectivity index (χ0v) is 9.13. The van der Waals surface area contributed by atoms with Crippen LogP contribution < -0.4 is 10.5 Å². The monoisotopic (exact) mass is 248 g/mol. The van der Waals surface area contributed by atoms with Gasteiger partial charge in [0.25, 0.3) is 0 Å². The molecular formula is C12H9FN2O3. The molecule has 0 bridgehead atoms. The number of rotatable bonds is 3. The molecule has 0 unspecified atom stereocenters. The normalized spacial score (nSPS) is 10.1. The number of aromatic nitrogens is 1. The summed E-state index contributed by atoms with van der Waals surface area (Å²) in [5.41, 5.74) is 5.40. The summed E-state index contributed by atoms with van der Waals surface area (Å²) in [5.74, 6) is -2.16. The van der Waals surface area contributed by atoms with Gasteiger partial charge in [0, 0.05) is 0 Å². The Labute approximate surface area is 102 Å². The third kappa shape index (κ3) is 2.37. The van der Waals surface area contributed by atoms with E-state index in [9.17, 15) is 9.18 Å². The lowest BCUT2D eigenvalue weighted by Gasteiger charge is -2.08. The molecule has 18 heavy (non-hydrogen) atoms. The molecule has 5 nitrogen and oxygen atoms in total. The van der Waals surface area contributed by atoms with Crippen molar-refractivity contribution in [2.24, 2.45) is 0 Å². The van der Waals surface area contributed by atoms with Gasteiger partial charge in [0.15, 0.2) is 11.6 Å². The van der Waals surface area contributed by atoms with Crippen molar-refractivity contribution >= 4 is 11.7 Å². The zero-order chi connectivity index (χ0) is 13.1. The zero-order valence-electron chi connectivity index (χ0n) is 9.13. The quantitative estimate of drug-likeness (QED) is 0.870. The van der Waals surface area contributed by atoms with Gasteiger partial charge in [-0.3, -0.25) is 0 Å². The van der Waals surface area contributed by atoms with Gasteiger partial charge in [0.1, 0.15) is 5.56 Å². The first-order valence-electron chi connectivity index (χ1n) is 4.99. The number of halogens is 1. The molecule has 6 heteroatoms. The number of nitrogens with two attached hydrogens (primary N) is 1. The first kappa shape index (κ1) is 11.8. The number of nitrogens with zero attached hydrogens (tertiary/aromatic N) is 1. The van der Waals surface area contributed by atoms with Gasteiger partial charge in [-0.2, -0.15) is 0 Å². The number of hydrogen-bond donors (Lipinski definition) is 2. The van der Waals surface area contributed by atoms with E-state index in [1.807, 2.05) is 0 Å². The molecule has 0 aliphatic heterocycles. The van der Waals surface area contributed by atoms with Crippen molar-refractivity contribution in [1.29, 1.82) is 0 Å². The van der Waals surface area contributed by atoms with E-state index in [2.05, 4.69) is 4.98 Å². The molecule has 0 aliphatic carbocycles. The van der Waals surface area contributed by atoms with Crippen molar-refractivity contribution in [2.45, 2.75) is 0 Å². The fourth-order valence-corrected chi connectivity index (χ4v) is 1.33. The number of nitrogen functional groups attached to an aromatic ring is 1. The molecule has 1 aromatic heterocycles. The van der Waals surface area contributed by atoms with Crippen LogP contribution in [0.5, 0.6) is 11.6 Å². The Balaban J connectivity index is 2.41. The van der Waals surface area contributed by atoms with Crippen molar-refractivity contribution in [3.63, 3.8) is 0 Å². The topological polar surface area (TPSA) is 85.4 Å². The largest absolute Gasteiger partial charge is 0.477 e. The summed E-state index contributed by atoms with van der Waals surface area (Å²) >= 11 is 0. The Morgan fingerprint density at radius 1 is 1.39 bits per heavy atom. The third-order valence-electron chi connectivity index (χ3n) is 2.15. The van der Waals surface area contributed by atoms with Crippen LogP contribution in [0.3, 0.4) is 0 Å². The first-order chi connectivity index (χ1) is 8.58. The van der Waals surface area contributed by atoms with E-state index < -0.39 is 11.8 Å². The summed E-state index contributed by atoms with van der Waals surface area (Å²) in [5, 5.41) is 8.97. The van der Waals surface area contributed by atoms with Crippen LogP contribution in [0.2, 0.25) is 0 Å². The summed E-state index contributed by atoms with van der Waals surface area (Å²) in [6, 6.07) is 6.84. The number of para-hydroxylation sites is 1. The van der Waals surface area contributed by atoms with Crippen LogP contribution in [0, 0.1) is 5.82 Å². The second kappa shape index (κ2) is 4.70. The molecule has 0 saturated carbocycles. The van der Waals surface area contributed by atoms with Gasteiger partial charge >= 0.3 is 5.97 Å². The summed E-state index contributed by atoms with van der Waals surface area (Å²) in [6.07, 6.45) is 1.24. The lowest BCUT2D eigenvalue weighted by atomic mass is 10.2. The number of hydrogen-bond acceptors (Lipinski definition) is 4. The minimum absolute atomic E-state index is 0.0997. The van der Waals surface area contributed by atoms with Crippen molar-refractivity contribution < 1.29 is 19.0 Å². The molecule has 0 fully saturated rings. The van der Waals surface area contributed by atoms with Crippen LogP contribution in [0.15, 0.2) is 36.5 Å². The molecule has 3 N–H and O–H groups in total. The highest BCUT2D eigenvalue weighted by Crippen LogP contribution is 2.26. The molecule has 2 aromatic rings. The number of aromatic carboxylic acids is 1. The Hall–Kier alpha value is -2.63. The lowest BCUT2D eigenvalue weighted by Crippen LogP contribution is -2.04.